The number of alkyl halides is 6. The maximum absolute atomic E-state index is 12.8. The third-order valence-electron chi connectivity index (χ3n) is 4.72. The van der Waals surface area contributed by atoms with Gasteiger partial charge in [0.2, 0.25) is 5.88 Å². The van der Waals surface area contributed by atoms with Gasteiger partial charge in [0.25, 0.3) is 0 Å². The number of esters is 2. The summed E-state index contributed by atoms with van der Waals surface area (Å²) in [5.74, 6) is -9.25. The standard InChI is InChI=1S/C18H19F6N3O5/c19-17(20,21)14(28)31-16(32-15(29)18(22,23)24)10-25-9-11-5-6-12(26-13(11)30-16)27-7-3-1-2-4-8-27/h5-6,25H,1-4,7-10H2. The molecular formula is C18H19F6N3O5. The van der Waals surface area contributed by atoms with Gasteiger partial charge in [0.15, 0.2) is 0 Å². The van der Waals surface area contributed by atoms with Gasteiger partial charge in [-0.05, 0) is 25.0 Å². The van der Waals surface area contributed by atoms with E-state index in [1.165, 1.54) is 6.07 Å². The molecule has 1 N–H and O–H groups in total. The second kappa shape index (κ2) is 9.00. The van der Waals surface area contributed by atoms with Gasteiger partial charge in [-0.3, -0.25) is 0 Å². The molecule has 0 radical (unpaired) electrons. The molecule has 1 aromatic heterocycles. The first-order valence-corrected chi connectivity index (χ1v) is 9.65. The molecule has 3 heterocycles. The van der Waals surface area contributed by atoms with Crippen molar-refractivity contribution in [3.05, 3.63) is 17.7 Å². The topological polar surface area (TPSA) is 90.0 Å². The van der Waals surface area contributed by atoms with Gasteiger partial charge in [-0.25, -0.2) is 9.59 Å². The number of hydrogen-bond donors (Lipinski definition) is 1. The lowest BCUT2D eigenvalue weighted by Crippen LogP contribution is -2.55. The number of fused-ring (bicyclic) bond motifs is 1. The van der Waals surface area contributed by atoms with Gasteiger partial charge in [-0.2, -0.15) is 31.3 Å². The minimum atomic E-state index is -5.59. The van der Waals surface area contributed by atoms with E-state index in [9.17, 15) is 35.9 Å². The van der Waals surface area contributed by atoms with Gasteiger partial charge >= 0.3 is 30.3 Å². The number of nitrogens with one attached hydrogen (secondary N) is 1. The Balaban J connectivity index is 1.95. The molecule has 0 amide bonds. The molecule has 8 nitrogen and oxygen atoms in total. The van der Waals surface area contributed by atoms with Crippen LogP contribution in [0.4, 0.5) is 32.2 Å². The van der Waals surface area contributed by atoms with Crippen LogP contribution in [0.5, 0.6) is 5.88 Å². The van der Waals surface area contributed by atoms with Gasteiger partial charge in [-0.15, -0.1) is 0 Å². The Morgan fingerprint density at radius 1 is 0.969 bits per heavy atom. The van der Waals surface area contributed by atoms with Crippen LogP contribution in [-0.2, 0) is 25.6 Å². The first-order valence-electron chi connectivity index (χ1n) is 9.65. The molecule has 0 saturated carbocycles. The van der Waals surface area contributed by atoms with Gasteiger partial charge in [0.1, 0.15) is 12.4 Å². The molecule has 14 heteroatoms. The summed E-state index contributed by atoms with van der Waals surface area (Å²) in [4.78, 5) is 28.9. The van der Waals surface area contributed by atoms with Crippen molar-refractivity contribution in [2.45, 2.75) is 50.6 Å². The molecule has 32 heavy (non-hydrogen) atoms. The average Bonchev–Trinajstić information content (AvgIpc) is 3.05. The van der Waals surface area contributed by atoms with Crippen LogP contribution in [0.1, 0.15) is 31.2 Å². The quantitative estimate of drug-likeness (QED) is 0.409. The van der Waals surface area contributed by atoms with Crippen LogP contribution in [0.25, 0.3) is 0 Å². The first-order chi connectivity index (χ1) is 14.9. The van der Waals surface area contributed by atoms with E-state index in [1.807, 2.05) is 4.90 Å². The van der Waals surface area contributed by atoms with Crippen molar-refractivity contribution in [1.29, 1.82) is 0 Å². The van der Waals surface area contributed by atoms with Crippen molar-refractivity contribution in [2.75, 3.05) is 24.5 Å². The van der Waals surface area contributed by atoms with Crippen LogP contribution in [0, 0.1) is 0 Å². The molecule has 3 rings (SSSR count). The van der Waals surface area contributed by atoms with E-state index >= 15 is 0 Å². The number of anilines is 1. The number of pyridine rings is 1. The summed E-state index contributed by atoms with van der Waals surface area (Å²) < 4.78 is 89.9. The van der Waals surface area contributed by atoms with Crippen LogP contribution in [0.2, 0.25) is 0 Å². The van der Waals surface area contributed by atoms with E-state index in [-0.39, 0.29) is 12.1 Å². The second-order valence-electron chi connectivity index (χ2n) is 7.20. The number of carbonyl (C=O) groups excluding carboxylic acids is 2. The van der Waals surface area contributed by atoms with Crippen LogP contribution < -0.4 is 15.0 Å². The Labute approximate surface area is 177 Å². The minimum Gasteiger partial charge on any atom is -0.401 e. The number of aromatic nitrogens is 1. The Morgan fingerprint density at radius 2 is 1.53 bits per heavy atom. The number of hydrogen-bond acceptors (Lipinski definition) is 8. The molecular weight excluding hydrogens is 452 g/mol. The SMILES string of the molecule is O=C(OC1(OC(=O)C(F)(F)F)CNCc2ccc(N3CCCCCC3)nc2O1)C(F)(F)F. The highest BCUT2D eigenvalue weighted by atomic mass is 19.4. The van der Waals surface area contributed by atoms with E-state index in [4.69, 9.17) is 4.74 Å². The summed E-state index contributed by atoms with van der Waals surface area (Å²) in [5.41, 5.74) is 0.247. The highest BCUT2D eigenvalue weighted by molar-refractivity contribution is 5.78. The Morgan fingerprint density at radius 3 is 2.06 bits per heavy atom. The zero-order valence-corrected chi connectivity index (χ0v) is 16.5. The predicted octanol–water partition coefficient (Wildman–Crippen LogP) is 2.81. The van der Waals surface area contributed by atoms with E-state index in [1.54, 1.807) is 6.07 Å². The highest BCUT2D eigenvalue weighted by Crippen LogP contribution is 2.33. The fourth-order valence-electron chi connectivity index (χ4n) is 3.22. The monoisotopic (exact) mass is 471 g/mol. The van der Waals surface area contributed by atoms with Gasteiger partial charge in [-0.1, -0.05) is 12.8 Å². The molecule has 0 bridgehead atoms. The fourth-order valence-corrected chi connectivity index (χ4v) is 3.22. The third kappa shape index (κ3) is 5.72. The Kier molecular flexibility index (Phi) is 6.72. The van der Waals surface area contributed by atoms with E-state index < -0.39 is 42.7 Å². The zero-order chi connectivity index (χ0) is 23.6. The fraction of sp³-hybridized carbons (Fsp3) is 0.611. The minimum absolute atomic E-state index is 0.114. The maximum atomic E-state index is 12.8. The summed E-state index contributed by atoms with van der Waals surface area (Å²) >= 11 is 0. The van der Waals surface area contributed by atoms with Crippen molar-refractivity contribution < 1.29 is 50.1 Å². The summed E-state index contributed by atoms with van der Waals surface area (Å²) in [7, 11) is 0. The van der Waals surface area contributed by atoms with Gasteiger partial charge in [0.05, 0.1) is 0 Å². The molecule has 1 aromatic rings. The maximum Gasteiger partial charge on any atom is 0.491 e. The van der Waals surface area contributed by atoms with E-state index in [0.717, 1.165) is 25.7 Å². The van der Waals surface area contributed by atoms with E-state index in [0.29, 0.717) is 18.9 Å². The molecule has 178 valence electrons. The first kappa shape index (κ1) is 23.9. The number of carbonyl (C=O) groups is 2. The van der Waals surface area contributed by atoms with Crippen LogP contribution >= 0.6 is 0 Å². The van der Waals surface area contributed by atoms with Gasteiger partial charge in [0, 0.05) is 25.2 Å². The lowest BCUT2D eigenvalue weighted by atomic mass is 10.2. The van der Waals surface area contributed by atoms with Crippen LogP contribution in [0.15, 0.2) is 12.1 Å². The number of ether oxygens (including phenoxy) is 3. The largest absolute Gasteiger partial charge is 0.491 e. The van der Waals surface area contributed by atoms with Crippen molar-refractivity contribution >= 4 is 17.8 Å². The molecule has 0 aliphatic carbocycles. The van der Waals surface area contributed by atoms with Crippen molar-refractivity contribution in [1.82, 2.24) is 10.3 Å². The molecule has 1 saturated heterocycles. The summed E-state index contributed by atoms with van der Waals surface area (Å²) in [5, 5.41) is 2.45. The van der Waals surface area contributed by atoms with Crippen molar-refractivity contribution in [3.8, 4) is 5.88 Å². The number of rotatable bonds is 3. The van der Waals surface area contributed by atoms with Crippen molar-refractivity contribution in [2.24, 2.45) is 0 Å². The highest BCUT2D eigenvalue weighted by Gasteiger charge is 2.55. The van der Waals surface area contributed by atoms with Gasteiger partial charge < -0.3 is 24.4 Å². The van der Waals surface area contributed by atoms with Crippen molar-refractivity contribution in [3.63, 3.8) is 0 Å². The van der Waals surface area contributed by atoms with E-state index in [2.05, 4.69) is 19.8 Å². The third-order valence-corrected chi connectivity index (χ3v) is 4.72. The number of nitrogens with zero attached hydrogens (tertiary/aromatic N) is 2. The molecule has 1 fully saturated rings. The molecule has 2 aliphatic rings. The smallest absolute Gasteiger partial charge is 0.401 e. The predicted molar refractivity (Wildman–Crippen MR) is 94.3 cm³/mol. The lowest BCUT2D eigenvalue weighted by molar-refractivity contribution is -0.331. The Hall–Kier alpha value is -2.77. The number of halogens is 6. The average molecular weight is 471 g/mol. The second-order valence-corrected chi connectivity index (χ2v) is 7.20. The lowest BCUT2D eigenvalue weighted by Gasteiger charge is -2.31. The molecule has 2 aliphatic heterocycles. The molecule has 0 aromatic carbocycles. The molecule has 0 spiro atoms. The summed E-state index contributed by atoms with van der Waals surface area (Å²) in [6.07, 6.45) is -7.42. The van der Waals surface area contributed by atoms with Crippen LogP contribution in [-0.4, -0.2) is 54.9 Å². The zero-order valence-electron chi connectivity index (χ0n) is 16.5. The summed E-state index contributed by atoms with van der Waals surface area (Å²) in [6, 6.07) is 3.15. The normalized spacial score (nSPS) is 19.1. The Bertz CT molecular complexity index is 824. The molecule has 0 atom stereocenters. The molecule has 0 unspecified atom stereocenters. The summed E-state index contributed by atoms with van der Waals surface area (Å²) in [6.45, 7) is 0.159. The van der Waals surface area contributed by atoms with Crippen LogP contribution in [0.3, 0.4) is 0 Å².